The van der Waals surface area contributed by atoms with E-state index in [2.05, 4.69) is 10.6 Å². The van der Waals surface area contributed by atoms with E-state index in [1.54, 1.807) is 13.0 Å². The van der Waals surface area contributed by atoms with Crippen molar-refractivity contribution in [2.45, 2.75) is 26.2 Å². The molecule has 1 fully saturated rings. The fourth-order valence-electron chi connectivity index (χ4n) is 2.41. The molecule has 104 valence electrons. The van der Waals surface area contributed by atoms with Crippen LogP contribution in [0, 0.1) is 18.7 Å². The number of carbonyl (C=O) groups excluding carboxylic acids is 1. The molecule has 1 amide bonds. The van der Waals surface area contributed by atoms with Gasteiger partial charge in [-0.05, 0) is 49.9 Å². The van der Waals surface area contributed by atoms with Gasteiger partial charge in [0, 0.05) is 13.1 Å². The van der Waals surface area contributed by atoms with Crippen molar-refractivity contribution < 1.29 is 9.18 Å². The number of piperidine rings is 1. The number of benzene rings is 1. The number of carbonyl (C=O) groups is 1. The number of aryl methyl sites for hydroxylation is 1. The Hall–Kier alpha value is -1.42. The standard InChI is InChI=1S/C15H21FN2O/c1-11-9-12(4-5-14(11)16)6-8-18-15(19)13-3-2-7-17-10-13/h4-5,9,13,17H,2-3,6-8,10H2,1H3,(H,18,19). The van der Waals surface area contributed by atoms with Crippen molar-refractivity contribution in [1.82, 2.24) is 10.6 Å². The predicted octanol–water partition coefficient (Wildman–Crippen LogP) is 1.79. The van der Waals surface area contributed by atoms with E-state index in [1.807, 2.05) is 6.07 Å². The lowest BCUT2D eigenvalue weighted by atomic mass is 9.99. The molecule has 1 aromatic rings. The lowest BCUT2D eigenvalue weighted by molar-refractivity contribution is -0.125. The van der Waals surface area contributed by atoms with Crippen molar-refractivity contribution in [1.29, 1.82) is 0 Å². The van der Waals surface area contributed by atoms with Gasteiger partial charge >= 0.3 is 0 Å². The van der Waals surface area contributed by atoms with Gasteiger partial charge in [-0.3, -0.25) is 4.79 Å². The molecule has 2 rings (SSSR count). The van der Waals surface area contributed by atoms with E-state index in [0.29, 0.717) is 12.1 Å². The second kappa shape index (κ2) is 6.66. The summed E-state index contributed by atoms with van der Waals surface area (Å²) < 4.78 is 13.1. The quantitative estimate of drug-likeness (QED) is 0.870. The molecule has 4 heteroatoms. The summed E-state index contributed by atoms with van der Waals surface area (Å²) in [6.45, 7) is 4.16. The Morgan fingerprint density at radius 1 is 1.53 bits per heavy atom. The molecule has 0 aromatic heterocycles. The van der Waals surface area contributed by atoms with Crippen molar-refractivity contribution in [2.75, 3.05) is 19.6 Å². The first-order chi connectivity index (χ1) is 9.16. The minimum absolute atomic E-state index is 0.101. The van der Waals surface area contributed by atoms with Crippen LogP contribution in [0.5, 0.6) is 0 Å². The van der Waals surface area contributed by atoms with Crippen molar-refractivity contribution in [3.8, 4) is 0 Å². The first-order valence-corrected chi connectivity index (χ1v) is 6.90. The van der Waals surface area contributed by atoms with Gasteiger partial charge < -0.3 is 10.6 Å². The molecule has 0 radical (unpaired) electrons. The van der Waals surface area contributed by atoms with Crippen molar-refractivity contribution >= 4 is 5.91 Å². The maximum absolute atomic E-state index is 13.1. The second-order valence-corrected chi connectivity index (χ2v) is 5.17. The van der Waals surface area contributed by atoms with E-state index >= 15 is 0 Å². The Kier molecular flexibility index (Phi) is 4.91. The highest BCUT2D eigenvalue weighted by Crippen LogP contribution is 2.11. The molecule has 0 aliphatic carbocycles. The van der Waals surface area contributed by atoms with Crippen molar-refractivity contribution in [2.24, 2.45) is 5.92 Å². The van der Waals surface area contributed by atoms with E-state index in [1.165, 1.54) is 6.07 Å². The van der Waals surface area contributed by atoms with Gasteiger partial charge in [-0.15, -0.1) is 0 Å². The van der Waals surface area contributed by atoms with Crippen LogP contribution in [0.1, 0.15) is 24.0 Å². The Bertz CT molecular complexity index is 442. The van der Waals surface area contributed by atoms with Gasteiger partial charge in [0.05, 0.1) is 5.92 Å². The average Bonchev–Trinajstić information content (AvgIpc) is 2.43. The lowest BCUT2D eigenvalue weighted by Gasteiger charge is -2.21. The summed E-state index contributed by atoms with van der Waals surface area (Å²) in [5.74, 6) is 0.0517. The van der Waals surface area contributed by atoms with Crippen LogP contribution in [-0.4, -0.2) is 25.5 Å². The molecule has 1 atom stereocenters. The number of nitrogens with one attached hydrogen (secondary N) is 2. The first kappa shape index (κ1) is 14.0. The minimum atomic E-state index is -0.180. The summed E-state index contributed by atoms with van der Waals surface area (Å²) in [5, 5.41) is 6.20. The van der Waals surface area contributed by atoms with Crippen LogP contribution in [0.25, 0.3) is 0 Å². The normalized spacial score (nSPS) is 19.2. The van der Waals surface area contributed by atoms with Gasteiger partial charge in [-0.2, -0.15) is 0 Å². The van der Waals surface area contributed by atoms with Gasteiger partial charge in [0.15, 0.2) is 0 Å². The third kappa shape index (κ3) is 4.03. The van der Waals surface area contributed by atoms with Crippen LogP contribution in [0.4, 0.5) is 4.39 Å². The maximum atomic E-state index is 13.1. The van der Waals surface area contributed by atoms with E-state index in [9.17, 15) is 9.18 Å². The van der Waals surface area contributed by atoms with Crippen LogP contribution < -0.4 is 10.6 Å². The largest absolute Gasteiger partial charge is 0.355 e. The highest BCUT2D eigenvalue weighted by Gasteiger charge is 2.20. The fraction of sp³-hybridized carbons (Fsp3) is 0.533. The van der Waals surface area contributed by atoms with Crippen LogP contribution in [0.3, 0.4) is 0 Å². The lowest BCUT2D eigenvalue weighted by Crippen LogP contribution is -2.41. The Morgan fingerprint density at radius 2 is 2.37 bits per heavy atom. The maximum Gasteiger partial charge on any atom is 0.224 e. The molecule has 1 aliphatic rings. The van der Waals surface area contributed by atoms with Gasteiger partial charge in [0.2, 0.25) is 5.91 Å². The van der Waals surface area contributed by atoms with Gasteiger partial charge in [0.1, 0.15) is 5.82 Å². The monoisotopic (exact) mass is 264 g/mol. The van der Waals surface area contributed by atoms with E-state index in [4.69, 9.17) is 0 Å². The predicted molar refractivity (Wildman–Crippen MR) is 73.4 cm³/mol. The summed E-state index contributed by atoms with van der Waals surface area (Å²) in [6, 6.07) is 5.10. The molecule has 1 unspecified atom stereocenters. The fourth-order valence-corrected chi connectivity index (χ4v) is 2.41. The Morgan fingerprint density at radius 3 is 3.05 bits per heavy atom. The SMILES string of the molecule is Cc1cc(CCNC(=O)C2CCCNC2)ccc1F. The average molecular weight is 264 g/mol. The van der Waals surface area contributed by atoms with Crippen LogP contribution in [0.2, 0.25) is 0 Å². The smallest absolute Gasteiger partial charge is 0.224 e. The zero-order chi connectivity index (χ0) is 13.7. The molecule has 1 aliphatic heterocycles. The van der Waals surface area contributed by atoms with Crippen LogP contribution in [-0.2, 0) is 11.2 Å². The molecule has 1 saturated heterocycles. The van der Waals surface area contributed by atoms with Crippen molar-refractivity contribution in [3.05, 3.63) is 35.1 Å². The molecule has 0 spiro atoms. The van der Waals surface area contributed by atoms with E-state index in [0.717, 1.165) is 37.9 Å². The molecule has 1 heterocycles. The Balaban J connectivity index is 1.76. The van der Waals surface area contributed by atoms with E-state index < -0.39 is 0 Å². The molecule has 19 heavy (non-hydrogen) atoms. The summed E-state index contributed by atoms with van der Waals surface area (Å²) in [4.78, 5) is 11.9. The topological polar surface area (TPSA) is 41.1 Å². The summed E-state index contributed by atoms with van der Waals surface area (Å²) >= 11 is 0. The summed E-state index contributed by atoms with van der Waals surface area (Å²) in [5.41, 5.74) is 1.71. The number of halogens is 1. The zero-order valence-corrected chi connectivity index (χ0v) is 11.3. The highest BCUT2D eigenvalue weighted by molar-refractivity contribution is 5.78. The van der Waals surface area contributed by atoms with E-state index in [-0.39, 0.29) is 17.6 Å². The molecule has 1 aromatic carbocycles. The first-order valence-electron chi connectivity index (χ1n) is 6.90. The van der Waals surface area contributed by atoms with Crippen LogP contribution in [0.15, 0.2) is 18.2 Å². The van der Waals surface area contributed by atoms with Gasteiger partial charge in [-0.1, -0.05) is 12.1 Å². The molecule has 3 nitrogen and oxygen atoms in total. The molecule has 0 bridgehead atoms. The summed E-state index contributed by atoms with van der Waals surface area (Å²) in [6.07, 6.45) is 2.77. The molecule has 0 saturated carbocycles. The minimum Gasteiger partial charge on any atom is -0.355 e. The summed E-state index contributed by atoms with van der Waals surface area (Å²) in [7, 11) is 0. The van der Waals surface area contributed by atoms with Gasteiger partial charge in [-0.25, -0.2) is 4.39 Å². The van der Waals surface area contributed by atoms with Crippen LogP contribution >= 0.6 is 0 Å². The highest BCUT2D eigenvalue weighted by atomic mass is 19.1. The number of hydrogen-bond acceptors (Lipinski definition) is 2. The molecular formula is C15H21FN2O. The number of rotatable bonds is 4. The second-order valence-electron chi connectivity index (χ2n) is 5.17. The zero-order valence-electron chi connectivity index (χ0n) is 11.3. The van der Waals surface area contributed by atoms with Crippen molar-refractivity contribution in [3.63, 3.8) is 0 Å². The third-order valence-corrected chi connectivity index (χ3v) is 3.60. The number of hydrogen-bond donors (Lipinski definition) is 2. The third-order valence-electron chi connectivity index (χ3n) is 3.60. The van der Waals surface area contributed by atoms with Gasteiger partial charge in [0.25, 0.3) is 0 Å². The Labute approximate surface area is 113 Å². The molecule has 2 N–H and O–H groups in total. The number of amides is 1. The molecular weight excluding hydrogens is 243 g/mol.